The topological polar surface area (TPSA) is 46.5 Å². The van der Waals surface area contributed by atoms with Gasteiger partial charge in [-0.3, -0.25) is 0 Å². The van der Waals surface area contributed by atoms with Crippen molar-refractivity contribution < 1.29 is 13.0 Å². The summed E-state index contributed by atoms with van der Waals surface area (Å²) in [5, 5.41) is 7.10. The summed E-state index contributed by atoms with van der Waals surface area (Å²) in [6.45, 7) is 0. The van der Waals surface area contributed by atoms with E-state index in [2.05, 4.69) is 3.94 Å². The maximum absolute atomic E-state index is 8.91. The summed E-state index contributed by atoms with van der Waals surface area (Å²) in [6.07, 6.45) is 0. The Morgan fingerprint density at radius 1 is 1.80 bits per heavy atom. The predicted molar refractivity (Wildman–Crippen MR) is 17.3 cm³/mol. The monoisotopic (exact) mass is 84.0 g/mol. The molecule has 24 valence electrons. The average molecular weight is 83.9 g/mol. The summed E-state index contributed by atoms with van der Waals surface area (Å²) in [7, 11) is 0. The van der Waals surface area contributed by atoms with Gasteiger partial charge in [-0.15, -0.1) is 0 Å². The zero-order valence-corrected chi connectivity index (χ0v) is 3.00. The molecule has 0 amide bonds. The molecule has 0 atom stereocenters. The molecule has 0 aromatic rings. The maximum atomic E-state index is 8.91. The number of hydrogen-bond acceptors (Lipinski definition) is 3. The molecule has 1 N–H and O–H groups in total. The normalized spacial score (nSPS) is 3.40. The van der Waals surface area contributed by atoms with E-state index >= 15 is 0 Å². The van der Waals surface area contributed by atoms with Gasteiger partial charge in [0, 0.05) is 0 Å². The first-order valence-corrected chi connectivity index (χ1v) is 1.60. The molecule has 0 unspecified atom stereocenters. The fourth-order valence-corrected chi connectivity index (χ4v) is 0. The van der Waals surface area contributed by atoms with E-state index in [9.17, 15) is 0 Å². The molecule has 0 aliphatic rings. The van der Waals surface area contributed by atoms with E-state index < -0.39 is 15.5 Å². The molecule has 0 aliphatic carbocycles. The van der Waals surface area contributed by atoms with Crippen LogP contribution in [-0.2, 0) is 7.74 Å². The van der Waals surface area contributed by atoms with Gasteiger partial charge in [0.1, 0.15) is 0 Å². The molecule has 0 saturated heterocycles. The van der Waals surface area contributed by atoms with Crippen LogP contribution in [0.1, 0.15) is 0 Å². The summed E-state index contributed by atoms with van der Waals surface area (Å²) in [5.74, 6) is 0. The van der Waals surface area contributed by atoms with Crippen molar-refractivity contribution in [1.29, 1.82) is 0 Å². The summed E-state index contributed by atoms with van der Waals surface area (Å²) in [4.78, 5) is 0. The molecule has 0 spiro atoms. The van der Waals surface area contributed by atoms with E-state index in [-0.39, 0.29) is 18.9 Å². The Morgan fingerprint density at radius 3 is 2.00 bits per heavy atom. The van der Waals surface area contributed by atoms with Crippen LogP contribution in [0.25, 0.3) is 0 Å². The summed E-state index contributed by atoms with van der Waals surface area (Å²) in [6, 6.07) is 0. The molecule has 0 rings (SSSR count). The van der Waals surface area contributed by atoms with Crippen molar-refractivity contribution in [3.05, 3.63) is 0 Å². The third-order valence-electron chi connectivity index (χ3n) is 0.0430. The predicted octanol–water partition coefficient (Wildman–Crippen LogP) is -1.21. The number of rotatable bonds is 1. The Kier molecular flexibility index (Phi) is 16.2. The van der Waals surface area contributed by atoms with Crippen LogP contribution < -0.4 is 0 Å². The first-order chi connectivity index (χ1) is 1.91. The molecule has 5 heteroatoms. The third kappa shape index (κ3) is 11.9. The van der Waals surface area contributed by atoms with Crippen molar-refractivity contribution in [1.82, 2.24) is 0 Å². The van der Waals surface area contributed by atoms with Crippen molar-refractivity contribution in [2.45, 2.75) is 0 Å². The molecular weight excluding hydrogens is 81.9 g/mol. The van der Waals surface area contributed by atoms with Gasteiger partial charge in [0.15, 0.2) is 0 Å². The van der Waals surface area contributed by atoms with Gasteiger partial charge in [-0.25, -0.2) is 0 Å². The van der Waals surface area contributed by atoms with Crippen molar-refractivity contribution in [2.75, 3.05) is 0 Å². The first kappa shape index (κ1) is 9.19. The average Bonchev–Trinajstić information content (AvgIpc) is 1.37. The van der Waals surface area contributed by atoms with Crippen molar-refractivity contribution in [3.63, 3.8) is 0 Å². The van der Waals surface area contributed by atoms with Crippen molar-refractivity contribution in [2.24, 2.45) is 0 Å². The van der Waals surface area contributed by atoms with Gasteiger partial charge in [-0.05, 0) is 0 Å². The van der Waals surface area contributed by atoms with E-state index in [1.807, 2.05) is 0 Å². The second-order valence-corrected chi connectivity index (χ2v) is 0.605. The standard InChI is InChI=1S/Al.Li.H2O2.O.H/c;;1-2;;/h;;1-2H;;/q+1;;;;/p-1. The fourth-order valence-electron chi connectivity index (χ4n) is 0. The molecule has 0 aliphatic heterocycles. The molecular formula is H2AlLiO3. The van der Waals surface area contributed by atoms with Crippen LogP contribution in [0, 0.1) is 0 Å². The Bertz CT molecular complexity index is 20.9. The SMILES string of the molecule is [LiH].[O]=[Al][O]O. The molecule has 3 nitrogen and oxygen atoms in total. The van der Waals surface area contributed by atoms with Gasteiger partial charge < -0.3 is 0 Å². The van der Waals surface area contributed by atoms with Crippen molar-refractivity contribution in [3.8, 4) is 0 Å². The molecule has 0 bridgehead atoms. The minimum atomic E-state index is -1.41. The molecule has 0 heterocycles. The van der Waals surface area contributed by atoms with Gasteiger partial charge in [0.05, 0.1) is 0 Å². The molecule has 0 radical (unpaired) electrons. The molecule has 0 fully saturated rings. The third-order valence-corrected chi connectivity index (χ3v) is 0.129. The van der Waals surface area contributed by atoms with Gasteiger partial charge in [-0.2, -0.15) is 0 Å². The van der Waals surface area contributed by atoms with E-state index in [0.29, 0.717) is 0 Å². The van der Waals surface area contributed by atoms with Gasteiger partial charge in [0.2, 0.25) is 0 Å². The Labute approximate surface area is 47.7 Å². The minimum absolute atomic E-state index is 0. The molecule has 5 heavy (non-hydrogen) atoms. The first-order valence-electron chi connectivity index (χ1n) is 0.654. The Hall–Kier alpha value is 0.690. The second-order valence-electron chi connectivity index (χ2n) is 0.202. The van der Waals surface area contributed by atoms with Crippen LogP contribution in [0.5, 0.6) is 0 Å². The van der Waals surface area contributed by atoms with E-state index in [4.69, 9.17) is 9.06 Å². The van der Waals surface area contributed by atoms with Crippen LogP contribution in [-0.4, -0.2) is 39.6 Å². The van der Waals surface area contributed by atoms with Crippen LogP contribution in [0.2, 0.25) is 0 Å². The summed E-state index contributed by atoms with van der Waals surface area (Å²) >= 11 is -1.41. The van der Waals surface area contributed by atoms with E-state index in [1.54, 1.807) is 0 Å². The quantitative estimate of drug-likeness (QED) is 0.246. The van der Waals surface area contributed by atoms with Gasteiger partial charge in [-0.1, -0.05) is 0 Å². The second kappa shape index (κ2) is 8.83. The van der Waals surface area contributed by atoms with Crippen LogP contribution in [0.4, 0.5) is 0 Å². The molecule has 0 saturated carbocycles. The zero-order valence-electron chi connectivity index (χ0n) is 1.84. The van der Waals surface area contributed by atoms with Crippen LogP contribution >= 0.6 is 0 Å². The molecule has 0 aromatic carbocycles. The van der Waals surface area contributed by atoms with E-state index in [0.717, 1.165) is 0 Å². The summed E-state index contributed by atoms with van der Waals surface area (Å²) < 4.78 is 12.0. The number of hydrogen-bond donors (Lipinski definition) is 1. The zero-order chi connectivity index (χ0) is 3.41. The van der Waals surface area contributed by atoms with Gasteiger partial charge >= 0.3 is 47.3 Å². The van der Waals surface area contributed by atoms with E-state index in [1.165, 1.54) is 0 Å². The Balaban J connectivity index is 0. The van der Waals surface area contributed by atoms with Crippen molar-refractivity contribution >= 4 is 34.3 Å². The van der Waals surface area contributed by atoms with Crippen LogP contribution in [0.3, 0.4) is 0 Å². The fraction of sp³-hybridized carbons (Fsp3) is 0. The Morgan fingerprint density at radius 2 is 2.00 bits per heavy atom. The molecule has 0 aromatic heterocycles. The summed E-state index contributed by atoms with van der Waals surface area (Å²) in [5.41, 5.74) is 0. The van der Waals surface area contributed by atoms with Crippen LogP contribution in [0.15, 0.2) is 0 Å². The van der Waals surface area contributed by atoms with Gasteiger partial charge in [0.25, 0.3) is 0 Å².